The summed E-state index contributed by atoms with van der Waals surface area (Å²) >= 11 is 0. The van der Waals surface area contributed by atoms with E-state index in [4.69, 9.17) is 14.9 Å². The average molecular weight is 222 g/mol. The van der Waals surface area contributed by atoms with Gasteiger partial charge >= 0.3 is 126 Å². The second-order valence-corrected chi connectivity index (χ2v) is 2.89. The molecule has 0 aliphatic heterocycles. The van der Waals surface area contributed by atoms with E-state index in [1.165, 1.54) is 0 Å². The Balaban J connectivity index is -0.0000000300. The van der Waals surface area contributed by atoms with E-state index < -0.39 is 20.4 Å². The molecule has 0 fully saturated rings. The SMILES string of the molecule is O=P(O)(O)CCO.[NaH].[NaH].[NaH].[NaH]. The van der Waals surface area contributed by atoms with Crippen LogP contribution in [0, 0.1) is 0 Å². The number of aliphatic hydroxyl groups excluding tert-OH is 1. The molecule has 4 nitrogen and oxygen atoms in total. The van der Waals surface area contributed by atoms with Crippen LogP contribution in [0.5, 0.6) is 0 Å². The number of hydrogen-bond donors (Lipinski definition) is 3. The summed E-state index contributed by atoms with van der Waals surface area (Å²) in [6.07, 6.45) is -0.438. The molecule has 0 amide bonds. The van der Waals surface area contributed by atoms with Gasteiger partial charge in [0.05, 0.1) is 12.8 Å². The summed E-state index contributed by atoms with van der Waals surface area (Å²) in [6.45, 7) is -0.454. The van der Waals surface area contributed by atoms with Crippen molar-refractivity contribution < 1.29 is 19.5 Å². The molecule has 3 N–H and O–H groups in total. The monoisotopic (exact) mass is 222 g/mol. The van der Waals surface area contributed by atoms with E-state index >= 15 is 0 Å². The van der Waals surface area contributed by atoms with Gasteiger partial charge in [-0.05, 0) is 0 Å². The Morgan fingerprint density at radius 2 is 1.27 bits per heavy atom. The molecule has 0 radical (unpaired) electrons. The average Bonchev–Trinajstić information content (AvgIpc) is 1.30. The predicted octanol–water partition coefficient (Wildman–Crippen LogP) is -3.44. The van der Waals surface area contributed by atoms with E-state index in [1.54, 1.807) is 0 Å². The molecule has 0 atom stereocenters. The van der Waals surface area contributed by atoms with Crippen molar-refractivity contribution in [2.24, 2.45) is 0 Å². The number of hydrogen-bond acceptors (Lipinski definition) is 2. The normalized spacial score (nSPS) is 7.55. The van der Waals surface area contributed by atoms with Gasteiger partial charge in [-0.2, -0.15) is 0 Å². The molecule has 0 aliphatic carbocycles. The fourth-order valence-electron chi connectivity index (χ4n) is 0.130. The Bertz CT molecular complexity index is 94.1. The van der Waals surface area contributed by atoms with E-state index in [9.17, 15) is 4.57 Å². The third kappa shape index (κ3) is 31.5. The van der Waals surface area contributed by atoms with Crippen molar-refractivity contribution in [2.75, 3.05) is 12.8 Å². The Labute approximate surface area is 155 Å². The Morgan fingerprint density at radius 3 is 1.27 bits per heavy atom. The summed E-state index contributed by atoms with van der Waals surface area (Å²) in [6, 6.07) is 0. The molecule has 0 aromatic carbocycles. The van der Waals surface area contributed by atoms with Crippen molar-refractivity contribution in [3.63, 3.8) is 0 Å². The topological polar surface area (TPSA) is 77.8 Å². The van der Waals surface area contributed by atoms with Crippen LogP contribution < -0.4 is 0 Å². The van der Waals surface area contributed by atoms with Crippen molar-refractivity contribution in [1.29, 1.82) is 0 Å². The van der Waals surface area contributed by atoms with E-state index in [0.717, 1.165) is 0 Å². The predicted molar refractivity (Wildman–Crippen MR) is 52.6 cm³/mol. The zero-order chi connectivity index (χ0) is 5.91. The van der Waals surface area contributed by atoms with E-state index in [1.807, 2.05) is 0 Å². The maximum absolute atomic E-state index is 9.77. The molecule has 52 valence electrons. The van der Waals surface area contributed by atoms with E-state index in [0.29, 0.717) is 0 Å². The van der Waals surface area contributed by atoms with Crippen LogP contribution >= 0.6 is 7.60 Å². The fourth-order valence-corrected chi connectivity index (χ4v) is 0.391. The first-order chi connectivity index (χ1) is 3.06. The summed E-state index contributed by atoms with van der Waals surface area (Å²) in [5.41, 5.74) is 0. The third-order valence-electron chi connectivity index (χ3n) is 0.391. The van der Waals surface area contributed by atoms with Gasteiger partial charge < -0.3 is 14.9 Å². The van der Waals surface area contributed by atoms with Crippen molar-refractivity contribution in [1.82, 2.24) is 0 Å². The quantitative estimate of drug-likeness (QED) is 0.335. The molecular formula is C2H11Na4O4P. The van der Waals surface area contributed by atoms with Gasteiger partial charge in [-0.3, -0.25) is 4.57 Å². The minimum atomic E-state index is -3.92. The van der Waals surface area contributed by atoms with Crippen molar-refractivity contribution in [3.8, 4) is 0 Å². The first-order valence-corrected chi connectivity index (χ1v) is 3.51. The molecule has 0 heterocycles. The van der Waals surface area contributed by atoms with Crippen LogP contribution in [0.25, 0.3) is 0 Å². The molecule has 0 aliphatic rings. The van der Waals surface area contributed by atoms with Gasteiger partial charge in [0.15, 0.2) is 0 Å². The van der Waals surface area contributed by atoms with Crippen LogP contribution in [0.4, 0.5) is 0 Å². The summed E-state index contributed by atoms with van der Waals surface area (Å²) < 4.78 is 9.77. The van der Waals surface area contributed by atoms with Gasteiger partial charge in [0.1, 0.15) is 0 Å². The van der Waals surface area contributed by atoms with E-state index in [-0.39, 0.29) is 118 Å². The molecule has 0 rings (SSSR count). The van der Waals surface area contributed by atoms with Crippen LogP contribution in [0.2, 0.25) is 0 Å². The molecule has 0 spiro atoms. The second kappa shape index (κ2) is 16.5. The molecule has 0 aromatic heterocycles. The third-order valence-corrected chi connectivity index (χ3v) is 1.17. The summed E-state index contributed by atoms with van der Waals surface area (Å²) in [7, 11) is -3.92. The summed E-state index contributed by atoms with van der Waals surface area (Å²) in [5, 5.41) is 7.91. The Kier molecular flexibility index (Phi) is 44.2. The molecule has 0 bridgehead atoms. The standard InChI is InChI=1S/C2H7O4P.4Na.4H/c3-1-2-7(4,5)6;;;;;;;;/h3H,1-2H2,(H2,4,5,6);;;;;;;;. The maximum atomic E-state index is 9.77. The van der Waals surface area contributed by atoms with Crippen LogP contribution in [0.15, 0.2) is 0 Å². The van der Waals surface area contributed by atoms with Crippen LogP contribution in [-0.2, 0) is 4.57 Å². The first-order valence-electron chi connectivity index (χ1n) is 1.72. The number of aliphatic hydroxyl groups is 1. The molecule has 0 aromatic rings. The summed E-state index contributed by atoms with van der Waals surface area (Å²) in [5.74, 6) is 0. The molecular weight excluding hydrogens is 211 g/mol. The first kappa shape index (κ1) is 29.4. The summed E-state index contributed by atoms with van der Waals surface area (Å²) in [4.78, 5) is 15.9. The van der Waals surface area contributed by atoms with Gasteiger partial charge in [0.25, 0.3) is 0 Å². The molecule has 0 saturated heterocycles. The second-order valence-electron chi connectivity index (χ2n) is 1.11. The van der Waals surface area contributed by atoms with Crippen molar-refractivity contribution in [2.45, 2.75) is 0 Å². The Hall–Kier alpha value is 4.11. The van der Waals surface area contributed by atoms with E-state index in [2.05, 4.69) is 0 Å². The van der Waals surface area contributed by atoms with Crippen molar-refractivity contribution in [3.05, 3.63) is 0 Å². The fraction of sp³-hybridized carbons (Fsp3) is 1.00. The zero-order valence-corrected chi connectivity index (χ0v) is 4.51. The van der Waals surface area contributed by atoms with Gasteiger partial charge in [0.2, 0.25) is 0 Å². The molecule has 0 saturated carbocycles. The van der Waals surface area contributed by atoms with Gasteiger partial charge in [-0.1, -0.05) is 0 Å². The zero-order valence-electron chi connectivity index (χ0n) is 3.61. The van der Waals surface area contributed by atoms with Crippen LogP contribution in [0.3, 0.4) is 0 Å². The Morgan fingerprint density at radius 1 is 1.00 bits per heavy atom. The van der Waals surface area contributed by atoms with Crippen LogP contribution in [0.1, 0.15) is 0 Å². The van der Waals surface area contributed by atoms with Gasteiger partial charge in [-0.15, -0.1) is 0 Å². The minimum absolute atomic E-state index is 0. The van der Waals surface area contributed by atoms with Gasteiger partial charge in [0, 0.05) is 0 Å². The molecule has 9 heteroatoms. The number of rotatable bonds is 2. The van der Waals surface area contributed by atoms with Gasteiger partial charge in [-0.25, -0.2) is 0 Å². The van der Waals surface area contributed by atoms with Crippen molar-refractivity contribution >= 4 is 126 Å². The molecule has 0 unspecified atom stereocenters. The van der Waals surface area contributed by atoms with Crippen LogP contribution in [-0.4, -0.2) is 146 Å². The molecule has 11 heavy (non-hydrogen) atoms.